The molecule has 0 amide bonds. The molecule has 6 rings (SSSR count). The number of Topliss-reactive ketones (excluding diaryl/α,β-unsaturated/α-hetero) is 1. The number of hydrogen-bond acceptors (Lipinski definition) is 6. The van der Waals surface area contributed by atoms with Gasteiger partial charge in [0.05, 0.1) is 24.5 Å². The molecule has 33 heavy (non-hydrogen) atoms. The van der Waals surface area contributed by atoms with Crippen LogP contribution < -0.4 is 24.8 Å². The van der Waals surface area contributed by atoms with E-state index in [0.717, 1.165) is 51.7 Å². The Kier molecular flexibility index (Phi) is 4.72. The van der Waals surface area contributed by atoms with Crippen molar-refractivity contribution in [3.63, 3.8) is 0 Å². The van der Waals surface area contributed by atoms with Crippen LogP contribution in [0.1, 0.15) is 35.9 Å². The SMILES string of the molecule is COc1ccc([C@H]2CC(=O)C3=C(C2)Nc2ccccc2N[C@@H]3c2ccc3c(c2)OCO3)cc1. The first-order valence-corrected chi connectivity index (χ1v) is 11.1. The molecule has 2 N–H and O–H groups in total. The third-order valence-corrected chi connectivity index (χ3v) is 6.63. The molecule has 3 aromatic rings. The molecule has 2 atom stereocenters. The van der Waals surface area contributed by atoms with Gasteiger partial charge >= 0.3 is 0 Å². The van der Waals surface area contributed by atoms with Crippen LogP contribution in [0.25, 0.3) is 0 Å². The normalized spacial score (nSPS) is 20.8. The second-order valence-corrected chi connectivity index (χ2v) is 8.55. The second-order valence-electron chi connectivity index (χ2n) is 8.55. The molecule has 6 nitrogen and oxygen atoms in total. The van der Waals surface area contributed by atoms with Gasteiger partial charge in [0, 0.05) is 17.7 Å². The molecule has 3 aliphatic rings. The first-order chi connectivity index (χ1) is 16.2. The van der Waals surface area contributed by atoms with Crippen LogP contribution in [-0.2, 0) is 4.79 Å². The summed E-state index contributed by atoms with van der Waals surface area (Å²) in [5, 5.41) is 7.19. The van der Waals surface area contributed by atoms with Gasteiger partial charge in [0.1, 0.15) is 5.75 Å². The van der Waals surface area contributed by atoms with E-state index >= 15 is 0 Å². The average Bonchev–Trinajstić information content (AvgIpc) is 3.24. The zero-order valence-electron chi connectivity index (χ0n) is 18.3. The number of para-hydroxylation sites is 2. The molecule has 166 valence electrons. The van der Waals surface area contributed by atoms with E-state index in [1.54, 1.807) is 7.11 Å². The largest absolute Gasteiger partial charge is 0.497 e. The van der Waals surface area contributed by atoms with E-state index in [2.05, 4.69) is 22.8 Å². The molecule has 0 unspecified atom stereocenters. The highest BCUT2D eigenvalue weighted by molar-refractivity contribution is 6.01. The lowest BCUT2D eigenvalue weighted by Gasteiger charge is -2.30. The maximum atomic E-state index is 13.6. The predicted molar refractivity (Wildman–Crippen MR) is 126 cm³/mol. The van der Waals surface area contributed by atoms with E-state index in [-0.39, 0.29) is 24.5 Å². The lowest BCUT2D eigenvalue weighted by Crippen LogP contribution is -2.26. The van der Waals surface area contributed by atoms with Crippen LogP contribution in [0.4, 0.5) is 11.4 Å². The number of allylic oxidation sites excluding steroid dienone is 1. The van der Waals surface area contributed by atoms with Crippen molar-refractivity contribution < 1.29 is 19.0 Å². The number of benzene rings is 3. The van der Waals surface area contributed by atoms with Gasteiger partial charge in [-0.05, 0) is 59.9 Å². The fourth-order valence-electron chi connectivity index (χ4n) is 4.95. The van der Waals surface area contributed by atoms with E-state index in [1.165, 1.54) is 0 Å². The smallest absolute Gasteiger partial charge is 0.231 e. The summed E-state index contributed by atoms with van der Waals surface area (Å²) in [4.78, 5) is 13.6. The summed E-state index contributed by atoms with van der Waals surface area (Å²) in [5.41, 5.74) is 5.80. The first kappa shape index (κ1) is 19.7. The molecule has 0 aromatic heterocycles. The number of ether oxygens (including phenoxy) is 3. The predicted octanol–water partition coefficient (Wildman–Crippen LogP) is 5.40. The van der Waals surface area contributed by atoms with Gasteiger partial charge in [0.25, 0.3) is 0 Å². The van der Waals surface area contributed by atoms with Crippen molar-refractivity contribution >= 4 is 17.2 Å². The van der Waals surface area contributed by atoms with Gasteiger partial charge in [-0.3, -0.25) is 4.79 Å². The fourth-order valence-corrected chi connectivity index (χ4v) is 4.95. The number of hydrogen-bond donors (Lipinski definition) is 2. The zero-order chi connectivity index (χ0) is 22.4. The van der Waals surface area contributed by atoms with Crippen molar-refractivity contribution in [3.8, 4) is 17.2 Å². The molecule has 0 radical (unpaired) electrons. The van der Waals surface area contributed by atoms with Gasteiger partial charge in [-0.25, -0.2) is 0 Å². The number of ketones is 1. The number of nitrogens with one attached hydrogen (secondary N) is 2. The van der Waals surface area contributed by atoms with Crippen LogP contribution in [0.15, 0.2) is 78.0 Å². The van der Waals surface area contributed by atoms with Crippen LogP contribution >= 0.6 is 0 Å². The van der Waals surface area contributed by atoms with Crippen molar-refractivity contribution in [2.45, 2.75) is 24.8 Å². The Balaban J connectivity index is 1.42. The Morgan fingerprint density at radius 3 is 2.45 bits per heavy atom. The quantitative estimate of drug-likeness (QED) is 0.568. The molecule has 0 fully saturated rings. The second kappa shape index (κ2) is 7.89. The third kappa shape index (κ3) is 3.48. The van der Waals surface area contributed by atoms with Crippen molar-refractivity contribution in [2.75, 3.05) is 24.5 Å². The monoisotopic (exact) mass is 440 g/mol. The standard InChI is InChI=1S/C27H24N2O4/c1-31-19-9-6-16(7-10-19)18-12-22-26(23(30)13-18)27(29-21-5-3-2-4-20(21)28-22)17-8-11-24-25(14-17)33-15-32-24/h2-11,14,18,27-29H,12-13,15H2,1H3/t18-,27-/m1/s1. The summed E-state index contributed by atoms with van der Waals surface area (Å²) in [6, 6.07) is 21.7. The van der Waals surface area contributed by atoms with E-state index in [9.17, 15) is 4.79 Å². The Morgan fingerprint density at radius 1 is 0.879 bits per heavy atom. The minimum Gasteiger partial charge on any atom is -0.497 e. The summed E-state index contributed by atoms with van der Waals surface area (Å²) >= 11 is 0. The summed E-state index contributed by atoms with van der Waals surface area (Å²) in [7, 11) is 1.66. The summed E-state index contributed by atoms with van der Waals surface area (Å²) in [5.74, 6) is 2.51. The van der Waals surface area contributed by atoms with E-state index < -0.39 is 0 Å². The Hall–Kier alpha value is -3.93. The van der Waals surface area contributed by atoms with E-state index in [0.29, 0.717) is 12.2 Å². The van der Waals surface area contributed by atoms with Crippen molar-refractivity contribution in [2.24, 2.45) is 0 Å². The van der Waals surface area contributed by atoms with Crippen LogP contribution in [-0.4, -0.2) is 19.7 Å². The average molecular weight is 440 g/mol. The number of fused-ring (bicyclic) bond motifs is 2. The van der Waals surface area contributed by atoms with Gasteiger partial charge in [-0.2, -0.15) is 0 Å². The molecule has 0 saturated heterocycles. The van der Waals surface area contributed by atoms with Gasteiger partial charge in [-0.15, -0.1) is 0 Å². The molecule has 0 bridgehead atoms. The van der Waals surface area contributed by atoms with Crippen LogP contribution in [0.3, 0.4) is 0 Å². The molecule has 3 aromatic carbocycles. The van der Waals surface area contributed by atoms with Gasteiger partial charge < -0.3 is 24.8 Å². The number of methoxy groups -OCH3 is 1. The van der Waals surface area contributed by atoms with E-state index in [1.807, 2.05) is 54.6 Å². The molecule has 0 spiro atoms. The lowest BCUT2D eigenvalue weighted by atomic mass is 9.78. The van der Waals surface area contributed by atoms with Gasteiger partial charge in [0.2, 0.25) is 6.79 Å². The highest BCUT2D eigenvalue weighted by Gasteiger charge is 2.36. The van der Waals surface area contributed by atoms with E-state index in [4.69, 9.17) is 14.2 Å². The molecular formula is C27H24N2O4. The molecule has 6 heteroatoms. The summed E-state index contributed by atoms with van der Waals surface area (Å²) in [6.07, 6.45) is 1.22. The van der Waals surface area contributed by atoms with Crippen LogP contribution in [0.5, 0.6) is 17.2 Å². The molecular weight excluding hydrogens is 416 g/mol. The lowest BCUT2D eigenvalue weighted by molar-refractivity contribution is -0.116. The summed E-state index contributed by atoms with van der Waals surface area (Å²) < 4.78 is 16.4. The maximum absolute atomic E-state index is 13.6. The van der Waals surface area contributed by atoms with Gasteiger partial charge in [-0.1, -0.05) is 30.3 Å². The van der Waals surface area contributed by atoms with Crippen molar-refractivity contribution in [1.82, 2.24) is 0 Å². The highest BCUT2D eigenvalue weighted by Crippen LogP contribution is 2.45. The molecule has 2 aliphatic heterocycles. The Labute approximate surface area is 192 Å². The molecule has 2 heterocycles. The zero-order valence-corrected chi connectivity index (χ0v) is 18.3. The fraction of sp³-hybridized carbons (Fsp3) is 0.222. The minimum absolute atomic E-state index is 0.109. The number of anilines is 2. The molecule has 0 saturated carbocycles. The topological polar surface area (TPSA) is 68.8 Å². The number of carbonyl (C=O) groups excluding carboxylic acids is 1. The molecule has 1 aliphatic carbocycles. The highest BCUT2D eigenvalue weighted by atomic mass is 16.7. The summed E-state index contributed by atoms with van der Waals surface area (Å²) in [6.45, 7) is 0.220. The Bertz CT molecular complexity index is 1270. The first-order valence-electron chi connectivity index (χ1n) is 11.1. The maximum Gasteiger partial charge on any atom is 0.231 e. The van der Waals surface area contributed by atoms with Crippen LogP contribution in [0, 0.1) is 0 Å². The van der Waals surface area contributed by atoms with Crippen molar-refractivity contribution in [3.05, 3.63) is 89.1 Å². The van der Waals surface area contributed by atoms with Crippen LogP contribution in [0.2, 0.25) is 0 Å². The minimum atomic E-state index is -0.282. The van der Waals surface area contributed by atoms with Crippen molar-refractivity contribution in [1.29, 1.82) is 0 Å². The Morgan fingerprint density at radius 2 is 1.64 bits per heavy atom. The van der Waals surface area contributed by atoms with Gasteiger partial charge in [0.15, 0.2) is 17.3 Å². The number of rotatable bonds is 3. The number of carbonyl (C=O) groups is 1. The third-order valence-electron chi connectivity index (χ3n) is 6.63.